The van der Waals surface area contributed by atoms with Crippen LogP contribution in [0.5, 0.6) is 0 Å². The van der Waals surface area contributed by atoms with Gasteiger partial charge in [0, 0.05) is 30.1 Å². The van der Waals surface area contributed by atoms with Gasteiger partial charge < -0.3 is 10.1 Å². The van der Waals surface area contributed by atoms with Gasteiger partial charge in [-0.25, -0.2) is 8.42 Å². The summed E-state index contributed by atoms with van der Waals surface area (Å²) in [6.45, 7) is 1.48. The van der Waals surface area contributed by atoms with Crippen molar-refractivity contribution in [1.82, 2.24) is 5.32 Å². The van der Waals surface area contributed by atoms with Gasteiger partial charge in [0.05, 0.1) is 11.9 Å². The molecule has 0 atom stereocenters. The zero-order chi connectivity index (χ0) is 21.6. The summed E-state index contributed by atoms with van der Waals surface area (Å²) in [5, 5.41) is 2.99. The van der Waals surface area contributed by atoms with Gasteiger partial charge in [0.15, 0.2) is 0 Å². The van der Waals surface area contributed by atoms with E-state index in [2.05, 4.69) is 17.4 Å². The minimum atomic E-state index is -3.61. The van der Waals surface area contributed by atoms with Crippen LogP contribution in [0.4, 0.5) is 5.69 Å². The first kappa shape index (κ1) is 22.7. The van der Waals surface area contributed by atoms with Crippen LogP contribution in [0.15, 0.2) is 59.5 Å². The largest absolute Gasteiger partial charge is 0.381 e. The SMILES string of the molecule is CSc1cccc(N(CC(=O)NCC2(c3ccccc3)CCOCC2)S(C)(=O)=O)c1. The van der Waals surface area contributed by atoms with E-state index in [0.717, 1.165) is 28.3 Å². The molecule has 6 nitrogen and oxygen atoms in total. The number of amides is 1. The molecule has 2 aromatic carbocycles. The predicted octanol–water partition coefficient (Wildman–Crippen LogP) is 3.04. The third-order valence-electron chi connectivity index (χ3n) is 5.49. The second-order valence-electron chi connectivity index (χ2n) is 7.51. The number of benzene rings is 2. The van der Waals surface area contributed by atoms with Crippen LogP contribution in [0.25, 0.3) is 0 Å². The number of hydrogen-bond acceptors (Lipinski definition) is 5. The van der Waals surface area contributed by atoms with Crippen molar-refractivity contribution in [2.75, 3.05) is 43.1 Å². The van der Waals surface area contributed by atoms with Gasteiger partial charge in [-0.3, -0.25) is 9.10 Å². The lowest BCUT2D eigenvalue weighted by Crippen LogP contribution is -2.47. The number of hydrogen-bond donors (Lipinski definition) is 1. The first-order valence-corrected chi connectivity index (χ1v) is 12.9. The van der Waals surface area contributed by atoms with Crippen molar-refractivity contribution in [3.8, 4) is 0 Å². The van der Waals surface area contributed by atoms with Gasteiger partial charge in [-0.2, -0.15) is 0 Å². The van der Waals surface area contributed by atoms with Crippen molar-refractivity contribution in [2.24, 2.45) is 0 Å². The fraction of sp³-hybridized carbons (Fsp3) is 0.409. The number of nitrogens with one attached hydrogen (secondary N) is 1. The Morgan fingerprint density at radius 3 is 2.47 bits per heavy atom. The summed E-state index contributed by atoms with van der Waals surface area (Å²) in [5.74, 6) is -0.322. The smallest absolute Gasteiger partial charge is 0.240 e. The normalized spacial score (nSPS) is 16.1. The second-order valence-corrected chi connectivity index (χ2v) is 10.3. The number of rotatable bonds is 8. The number of ether oxygens (including phenoxy) is 1. The molecular formula is C22H28N2O4S2. The van der Waals surface area contributed by atoms with Crippen LogP contribution in [-0.4, -0.2) is 53.1 Å². The quantitative estimate of drug-likeness (QED) is 0.628. The Labute approximate surface area is 183 Å². The minimum absolute atomic E-state index is 0.205. The van der Waals surface area contributed by atoms with E-state index in [1.165, 1.54) is 17.3 Å². The first-order chi connectivity index (χ1) is 14.3. The molecule has 1 amide bonds. The molecule has 1 aliphatic heterocycles. The second kappa shape index (κ2) is 9.85. The predicted molar refractivity (Wildman–Crippen MR) is 122 cm³/mol. The highest BCUT2D eigenvalue weighted by atomic mass is 32.2. The van der Waals surface area contributed by atoms with Gasteiger partial charge in [0.2, 0.25) is 15.9 Å². The van der Waals surface area contributed by atoms with Gasteiger partial charge in [0.1, 0.15) is 6.54 Å². The Kier molecular flexibility index (Phi) is 7.44. The van der Waals surface area contributed by atoms with Crippen molar-refractivity contribution in [1.29, 1.82) is 0 Å². The zero-order valence-electron chi connectivity index (χ0n) is 17.3. The standard InChI is InChI=1S/C22H28N2O4S2/c1-29-20-10-6-9-19(15-20)24(30(2,26)27)16-21(25)23-17-22(11-13-28-14-12-22)18-7-4-3-5-8-18/h3-10,15H,11-14,16-17H2,1-2H3,(H,23,25). The highest BCUT2D eigenvalue weighted by Gasteiger charge is 2.35. The Bertz CT molecular complexity index is 958. The maximum Gasteiger partial charge on any atom is 0.240 e. The molecule has 8 heteroatoms. The lowest BCUT2D eigenvalue weighted by molar-refractivity contribution is -0.120. The van der Waals surface area contributed by atoms with Crippen molar-refractivity contribution < 1.29 is 17.9 Å². The Balaban J connectivity index is 1.75. The number of carbonyl (C=O) groups excluding carboxylic acids is 1. The molecule has 1 fully saturated rings. The first-order valence-electron chi connectivity index (χ1n) is 9.86. The van der Waals surface area contributed by atoms with Crippen LogP contribution in [0, 0.1) is 0 Å². The fourth-order valence-electron chi connectivity index (χ4n) is 3.74. The van der Waals surface area contributed by atoms with Gasteiger partial charge >= 0.3 is 0 Å². The molecule has 1 saturated heterocycles. The highest BCUT2D eigenvalue weighted by molar-refractivity contribution is 7.98. The molecule has 0 radical (unpaired) electrons. The molecule has 3 rings (SSSR count). The summed E-state index contributed by atoms with van der Waals surface area (Å²) >= 11 is 1.52. The molecule has 1 N–H and O–H groups in total. The molecule has 30 heavy (non-hydrogen) atoms. The molecule has 0 bridgehead atoms. The number of nitrogens with zero attached hydrogens (tertiary/aromatic N) is 1. The monoisotopic (exact) mass is 448 g/mol. The van der Waals surface area contributed by atoms with E-state index in [4.69, 9.17) is 4.74 Å². The van der Waals surface area contributed by atoms with E-state index in [1.54, 1.807) is 18.2 Å². The molecule has 0 unspecified atom stereocenters. The number of anilines is 1. The lowest BCUT2D eigenvalue weighted by atomic mass is 9.74. The number of thioether (sulfide) groups is 1. The summed E-state index contributed by atoms with van der Waals surface area (Å²) in [7, 11) is -3.61. The fourth-order valence-corrected chi connectivity index (χ4v) is 5.04. The summed E-state index contributed by atoms with van der Waals surface area (Å²) in [5.41, 5.74) is 1.45. The van der Waals surface area contributed by atoms with Crippen molar-refractivity contribution >= 4 is 33.4 Å². The van der Waals surface area contributed by atoms with Gasteiger partial charge in [-0.1, -0.05) is 36.4 Å². The van der Waals surface area contributed by atoms with Crippen molar-refractivity contribution in [3.63, 3.8) is 0 Å². The van der Waals surface area contributed by atoms with E-state index in [0.29, 0.717) is 25.4 Å². The van der Waals surface area contributed by atoms with Crippen LogP contribution >= 0.6 is 11.8 Å². The molecule has 1 heterocycles. The van der Waals surface area contributed by atoms with Gasteiger partial charge in [-0.05, 0) is 42.9 Å². The molecule has 0 aromatic heterocycles. The van der Waals surface area contributed by atoms with Crippen LogP contribution < -0.4 is 9.62 Å². The summed E-state index contributed by atoms with van der Waals surface area (Å²) in [6, 6.07) is 17.3. The third-order valence-corrected chi connectivity index (χ3v) is 7.35. The van der Waals surface area contributed by atoms with E-state index >= 15 is 0 Å². The maximum absolute atomic E-state index is 12.8. The summed E-state index contributed by atoms with van der Waals surface area (Å²) < 4.78 is 31.5. The molecule has 2 aromatic rings. The van der Waals surface area contributed by atoms with Gasteiger partial charge in [0.25, 0.3) is 0 Å². The third kappa shape index (κ3) is 5.56. The van der Waals surface area contributed by atoms with E-state index in [1.807, 2.05) is 30.5 Å². The Hall–Kier alpha value is -2.03. The van der Waals surface area contributed by atoms with Crippen LogP contribution in [-0.2, 0) is 25.0 Å². The molecule has 1 aliphatic rings. The Morgan fingerprint density at radius 1 is 1.13 bits per heavy atom. The highest BCUT2D eigenvalue weighted by Crippen LogP contribution is 2.34. The van der Waals surface area contributed by atoms with Crippen LogP contribution in [0.3, 0.4) is 0 Å². The molecular weight excluding hydrogens is 420 g/mol. The van der Waals surface area contributed by atoms with Crippen molar-refractivity contribution in [3.05, 3.63) is 60.2 Å². The molecule has 0 saturated carbocycles. The Morgan fingerprint density at radius 2 is 1.83 bits per heavy atom. The topological polar surface area (TPSA) is 75.7 Å². The minimum Gasteiger partial charge on any atom is -0.381 e. The zero-order valence-corrected chi connectivity index (χ0v) is 19.0. The number of carbonyl (C=O) groups is 1. The lowest BCUT2D eigenvalue weighted by Gasteiger charge is -2.38. The maximum atomic E-state index is 12.8. The van der Waals surface area contributed by atoms with Gasteiger partial charge in [-0.15, -0.1) is 11.8 Å². The van der Waals surface area contributed by atoms with E-state index in [-0.39, 0.29) is 17.9 Å². The van der Waals surface area contributed by atoms with E-state index in [9.17, 15) is 13.2 Å². The molecule has 0 spiro atoms. The van der Waals surface area contributed by atoms with Crippen LogP contribution in [0.1, 0.15) is 18.4 Å². The van der Waals surface area contributed by atoms with E-state index < -0.39 is 10.0 Å². The average Bonchev–Trinajstić information content (AvgIpc) is 2.76. The summed E-state index contributed by atoms with van der Waals surface area (Å²) in [6.07, 6.45) is 4.66. The van der Waals surface area contributed by atoms with Crippen molar-refractivity contribution in [2.45, 2.75) is 23.2 Å². The average molecular weight is 449 g/mol. The van der Waals surface area contributed by atoms with Crippen LogP contribution in [0.2, 0.25) is 0 Å². The number of sulfonamides is 1. The summed E-state index contributed by atoms with van der Waals surface area (Å²) in [4.78, 5) is 13.7. The molecule has 0 aliphatic carbocycles. The molecule has 162 valence electrons.